The minimum absolute atomic E-state index is 0.797. The molecule has 1 saturated carbocycles. The highest BCUT2D eigenvalue weighted by atomic mass is 15.1. The van der Waals surface area contributed by atoms with Gasteiger partial charge in [-0.1, -0.05) is 27.2 Å². The minimum atomic E-state index is 0.797. The molecule has 84 valence electrons. The van der Waals surface area contributed by atoms with Crippen LogP contribution in [0.3, 0.4) is 0 Å². The molecule has 0 amide bonds. The van der Waals surface area contributed by atoms with Crippen molar-refractivity contribution < 1.29 is 0 Å². The predicted octanol–water partition coefficient (Wildman–Crippen LogP) is 2.11. The van der Waals surface area contributed by atoms with Crippen LogP contribution < -0.4 is 5.32 Å². The summed E-state index contributed by atoms with van der Waals surface area (Å²) in [6, 6.07) is 0.797. The maximum atomic E-state index is 3.69. The molecule has 1 N–H and O–H groups in total. The number of hydrogen-bond acceptors (Lipinski definition) is 2. The van der Waals surface area contributed by atoms with Gasteiger partial charge in [-0.05, 0) is 31.8 Å². The summed E-state index contributed by atoms with van der Waals surface area (Å²) in [5.74, 6) is 0.895. The molecule has 0 aromatic rings. The molecule has 14 heavy (non-hydrogen) atoms. The second kappa shape index (κ2) is 6.41. The summed E-state index contributed by atoms with van der Waals surface area (Å²) < 4.78 is 0. The minimum Gasteiger partial charge on any atom is -0.312 e. The molecule has 1 aliphatic carbocycles. The van der Waals surface area contributed by atoms with Crippen LogP contribution >= 0.6 is 0 Å². The SMILES string of the molecule is CCN(CC)CCNC1CCCC1C. The molecule has 1 aliphatic rings. The topological polar surface area (TPSA) is 15.3 Å². The molecule has 2 nitrogen and oxygen atoms in total. The van der Waals surface area contributed by atoms with Gasteiger partial charge in [-0.2, -0.15) is 0 Å². The van der Waals surface area contributed by atoms with Crippen molar-refractivity contribution in [3.8, 4) is 0 Å². The van der Waals surface area contributed by atoms with E-state index >= 15 is 0 Å². The zero-order valence-corrected chi connectivity index (χ0v) is 10.1. The van der Waals surface area contributed by atoms with Crippen molar-refractivity contribution in [1.29, 1.82) is 0 Å². The molecule has 1 fully saturated rings. The summed E-state index contributed by atoms with van der Waals surface area (Å²) in [5, 5.41) is 3.69. The summed E-state index contributed by atoms with van der Waals surface area (Å²) in [5.41, 5.74) is 0. The van der Waals surface area contributed by atoms with Crippen molar-refractivity contribution >= 4 is 0 Å². The second-order valence-corrected chi connectivity index (χ2v) is 4.50. The van der Waals surface area contributed by atoms with E-state index in [1.807, 2.05) is 0 Å². The van der Waals surface area contributed by atoms with Gasteiger partial charge in [-0.15, -0.1) is 0 Å². The van der Waals surface area contributed by atoms with Gasteiger partial charge in [0.25, 0.3) is 0 Å². The second-order valence-electron chi connectivity index (χ2n) is 4.50. The molecule has 0 saturated heterocycles. The van der Waals surface area contributed by atoms with Crippen LogP contribution in [0, 0.1) is 5.92 Å². The lowest BCUT2D eigenvalue weighted by molar-refractivity contribution is 0.290. The fourth-order valence-electron chi connectivity index (χ4n) is 2.40. The van der Waals surface area contributed by atoms with E-state index in [1.165, 1.54) is 38.9 Å². The van der Waals surface area contributed by atoms with E-state index in [-0.39, 0.29) is 0 Å². The molecule has 0 radical (unpaired) electrons. The van der Waals surface area contributed by atoms with Gasteiger partial charge in [0.15, 0.2) is 0 Å². The van der Waals surface area contributed by atoms with E-state index in [2.05, 4.69) is 31.0 Å². The van der Waals surface area contributed by atoms with Crippen LogP contribution in [0.15, 0.2) is 0 Å². The van der Waals surface area contributed by atoms with Gasteiger partial charge in [0.1, 0.15) is 0 Å². The smallest absolute Gasteiger partial charge is 0.0107 e. The largest absolute Gasteiger partial charge is 0.312 e. The normalized spacial score (nSPS) is 27.4. The quantitative estimate of drug-likeness (QED) is 0.703. The van der Waals surface area contributed by atoms with Crippen LogP contribution in [0.2, 0.25) is 0 Å². The fraction of sp³-hybridized carbons (Fsp3) is 1.00. The lowest BCUT2D eigenvalue weighted by Gasteiger charge is -2.22. The molecule has 0 heterocycles. The predicted molar refractivity (Wildman–Crippen MR) is 62.6 cm³/mol. The summed E-state index contributed by atoms with van der Waals surface area (Å²) in [6.45, 7) is 11.6. The first-order valence-electron chi connectivity index (χ1n) is 6.23. The van der Waals surface area contributed by atoms with Gasteiger partial charge in [0, 0.05) is 19.1 Å². The third-order valence-electron chi connectivity index (χ3n) is 3.59. The van der Waals surface area contributed by atoms with Crippen molar-refractivity contribution in [3.05, 3.63) is 0 Å². The summed E-state index contributed by atoms with van der Waals surface area (Å²) >= 11 is 0. The summed E-state index contributed by atoms with van der Waals surface area (Å²) in [4.78, 5) is 2.48. The fourth-order valence-corrected chi connectivity index (χ4v) is 2.40. The van der Waals surface area contributed by atoms with Crippen LogP contribution in [0.25, 0.3) is 0 Å². The molecule has 0 bridgehead atoms. The lowest BCUT2D eigenvalue weighted by Crippen LogP contribution is -2.38. The Hall–Kier alpha value is -0.0800. The van der Waals surface area contributed by atoms with E-state index < -0.39 is 0 Å². The Balaban J connectivity index is 2.08. The standard InChI is InChI=1S/C12H26N2/c1-4-14(5-2)10-9-13-12-8-6-7-11(12)3/h11-13H,4-10H2,1-3H3. The average Bonchev–Trinajstić information content (AvgIpc) is 2.59. The Morgan fingerprint density at radius 3 is 2.43 bits per heavy atom. The highest BCUT2D eigenvalue weighted by Crippen LogP contribution is 2.24. The van der Waals surface area contributed by atoms with Crippen LogP contribution in [0.1, 0.15) is 40.0 Å². The number of nitrogens with one attached hydrogen (secondary N) is 1. The van der Waals surface area contributed by atoms with Gasteiger partial charge >= 0.3 is 0 Å². The van der Waals surface area contributed by atoms with Gasteiger partial charge in [0.05, 0.1) is 0 Å². The van der Waals surface area contributed by atoms with Crippen LogP contribution in [-0.2, 0) is 0 Å². The number of likely N-dealkylation sites (N-methyl/N-ethyl adjacent to an activating group) is 1. The molecule has 0 aliphatic heterocycles. The van der Waals surface area contributed by atoms with Crippen molar-refractivity contribution in [1.82, 2.24) is 10.2 Å². The van der Waals surface area contributed by atoms with Crippen molar-refractivity contribution in [2.24, 2.45) is 5.92 Å². The average molecular weight is 198 g/mol. The van der Waals surface area contributed by atoms with E-state index in [9.17, 15) is 0 Å². The van der Waals surface area contributed by atoms with Crippen molar-refractivity contribution in [2.75, 3.05) is 26.2 Å². The van der Waals surface area contributed by atoms with Crippen LogP contribution in [0.5, 0.6) is 0 Å². The number of nitrogens with zero attached hydrogens (tertiary/aromatic N) is 1. The number of hydrogen-bond donors (Lipinski definition) is 1. The molecule has 0 spiro atoms. The first-order valence-corrected chi connectivity index (χ1v) is 6.23. The van der Waals surface area contributed by atoms with E-state index in [0.717, 1.165) is 18.5 Å². The van der Waals surface area contributed by atoms with Crippen LogP contribution in [0.4, 0.5) is 0 Å². The maximum Gasteiger partial charge on any atom is 0.0107 e. The molecule has 0 aromatic heterocycles. The van der Waals surface area contributed by atoms with E-state index in [4.69, 9.17) is 0 Å². The lowest BCUT2D eigenvalue weighted by atomic mass is 10.1. The van der Waals surface area contributed by atoms with E-state index in [1.54, 1.807) is 0 Å². The Morgan fingerprint density at radius 1 is 1.21 bits per heavy atom. The molecular formula is C12H26N2. The van der Waals surface area contributed by atoms with Crippen molar-refractivity contribution in [3.63, 3.8) is 0 Å². The highest BCUT2D eigenvalue weighted by molar-refractivity contribution is 4.80. The molecule has 0 aromatic carbocycles. The molecule has 2 heteroatoms. The maximum absolute atomic E-state index is 3.69. The van der Waals surface area contributed by atoms with E-state index in [0.29, 0.717) is 0 Å². The number of rotatable bonds is 6. The Labute approximate surface area is 89.1 Å². The Morgan fingerprint density at radius 2 is 1.93 bits per heavy atom. The van der Waals surface area contributed by atoms with Gasteiger partial charge in [-0.25, -0.2) is 0 Å². The van der Waals surface area contributed by atoms with Crippen molar-refractivity contribution in [2.45, 2.75) is 46.1 Å². The third-order valence-corrected chi connectivity index (χ3v) is 3.59. The van der Waals surface area contributed by atoms with Gasteiger partial charge in [0.2, 0.25) is 0 Å². The first kappa shape index (κ1) is 12.0. The van der Waals surface area contributed by atoms with Crippen LogP contribution in [-0.4, -0.2) is 37.1 Å². The third kappa shape index (κ3) is 3.58. The zero-order chi connectivity index (χ0) is 10.4. The molecule has 2 atom stereocenters. The molecular weight excluding hydrogens is 172 g/mol. The molecule has 2 unspecified atom stereocenters. The zero-order valence-electron chi connectivity index (χ0n) is 10.1. The van der Waals surface area contributed by atoms with Gasteiger partial charge in [-0.3, -0.25) is 0 Å². The first-order chi connectivity index (χ1) is 6.77. The summed E-state index contributed by atoms with van der Waals surface area (Å²) in [7, 11) is 0. The summed E-state index contributed by atoms with van der Waals surface area (Å²) in [6.07, 6.45) is 4.23. The Bertz CT molecular complexity index is 143. The Kier molecular flexibility index (Phi) is 5.49. The monoisotopic (exact) mass is 198 g/mol. The van der Waals surface area contributed by atoms with Gasteiger partial charge < -0.3 is 10.2 Å². The molecule has 1 rings (SSSR count). The highest BCUT2D eigenvalue weighted by Gasteiger charge is 2.22.